The average molecular weight is 236 g/mol. The van der Waals surface area contributed by atoms with Gasteiger partial charge in [0.1, 0.15) is 11.2 Å². The van der Waals surface area contributed by atoms with E-state index in [0.29, 0.717) is 10.6 Å². The predicted octanol–water partition coefficient (Wildman–Crippen LogP) is 2.11. The molecule has 1 amide bonds. The van der Waals surface area contributed by atoms with E-state index in [9.17, 15) is 9.18 Å². The van der Waals surface area contributed by atoms with Crippen LogP contribution in [0.25, 0.3) is 0 Å². The normalized spacial score (nSPS) is 12.5. The molecule has 0 aliphatic rings. The van der Waals surface area contributed by atoms with Gasteiger partial charge in [0.25, 0.3) is 0 Å². The fourth-order valence-electron chi connectivity index (χ4n) is 0.981. The van der Waals surface area contributed by atoms with Crippen LogP contribution in [0.1, 0.15) is 5.56 Å². The molecule has 0 spiro atoms. The molecule has 0 radical (unpaired) electrons. The summed E-state index contributed by atoms with van der Waals surface area (Å²) in [5.41, 5.74) is 5.27. The molecule has 0 aliphatic heterocycles. The first-order chi connectivity index (χ1) is 6.50. The molecule has 14 heavy (non-hydrogen) atoms. The second-order valence-corrected chi connectivity index (χ2v) is 3.77. The number of primary amides is 1. The summed E-state index contributed by atoms with van der Waals surface area (Å²) < 4.78 is 13.2. The van der Waals surface area contributed by atoms with E-state index in [1.807, 2.05) is 0 Å². The lowest BCUT2D eigenvalue weighted by Gasteiger charge is -2.06. The van der Waals surface area contributed by atoms with Crippen molar-refractivity contribution in [1.82, 2.24) is 0 Å². The maximum atomic E-state index is 13.2. The topological polar surface area (TPSA) is 43.1 Å². The fourth-order valence-corrected chi connectivity index (χ4v) is 1.31. The second kappa shape index (κ2) is 4.62. The molecule has 5 heteroatoms. The van der Waals surface area contributed by atoms with Crippen molar-refractivity contribution < 1.29 is 9.18 Å². The zero-order valence-corrected chi connectivity index (χ0v) is 8.65. The highest BCUT2D eigenvalue weighted by atomic mass is 35.5. The molecular weight excluding hydrogens is 228 g/mol. The lowest BCUT2D eigenvalue weighted by molar-refractivity contribution is -0.117. The largest absolute Gasteiger partial charge is 0.368 e. The Kier molecular flexibility index (Phi) is 3.72. The number of carbonyl (C=O) groups excluding carboxylic acids is 1. The third kappa shape index (κ3) is 2.86. The SMILES string of the molecule is NC(=O)C(Cl)Cc1ccc(Cl)cc1F. The minimum Gasteiger partial charge on any atom is -0.368 e. The van der Waals surface area contributed by atoms with Gasteiger partial charge in [-0.25, -0.2) is 4.39 Å². The molecule has 2 nitrogen and oxygen atoms in total. The standard InChI is InChI=1S/C9H8Cl2FNO/c10-6-2-1-5(8(12)4-6)3-7(11)9(13)14/h1-2,4,7H,3H2,(H2,13,14). The van der Waals surface area contributed by atoms with Gasteiger partial charge in [0, 0.05) is 11.4 Å². The lowest BCUT2D eigenvalue weighted by Crippen LogP contribution is -2.25. The molecule has 0 aromatic heterocycles. The van der Waals surface area contributed by atoms with Gasteiger partial charge in [-0.15, -0.1) is 11.6 Å². The number of hydrogen-bond acceptors (Lipinski definition) is 1. The number of nitrogens with two attached hydrogens (primary N) is 1. The molecule has 76 valence electrons. The predicted molar refractivity (Wildman–Crippen MR) is 53.9 cm³/mol. The van der Waals surface area contributed by atoms with Gasteiger partial charge in [-0.1, -0.05) is 17.7 Å². The molecule has 0 bridgehead atoms. The van der Waals surface area contributed by atoms with Crippen LogP contribution in [0.5, 0.6) is 0 Å². The Morgan fingerprint density at radius 1 is 1.57 bits per heavy atom. The van der Waals surface area contributed by atoms with Crippen LogP contribution >= 0.6 is 23.2 Å². The minimum atomic E-state index is -0.898. The van der Waals surface area contributed by atoms with Gasteiger partial charge < -0.3 is 5.73 Å². The molecule has 1 rings (SSSR count). The summed E-state index contributed by atoms with van der Waals surface area (Å²) in [6.07, 6.45) is 0.0693. The van der Waals surface area contributed by atoms with E-state index >= 15 is 0 Å². The molecular formula is C9H8Cl2FNO. The van der Waals surface area contributed by atoms with Gasteiger partial charge >= 0.3 is 0 Å². The summed E-state index contributed by atoms with van der Waals surface area (Å²) in [6.45, 7) is 0. The maximum Gasteiger partial charge on any atom is 0.235 e. The van der Waals surface area contributed by atoms with Crippen LogP contribution in [-0.2, 0) is 11.2 Å². The zero-order chi connectivity index (χ0) is 10.7. The molecule has 0 fully saturated rings. The van der Waals surface area contributed by atoms with Crippen LogP contribution < -0.4 is 5.73 Å². The first-order valence-electron chi connectivity index (χ1n) is 3.88. The number of carbonyl (C=O) groups is 1. The second-order valence-electron chi connectivity index (χ2n) is 2.81. The van der Waals surface area contributed by atoms with Crippen molar-refractivity contribution in [3.05, 3.63) is 34.6 Å². The minimum absolute atomic E-state index is 0.0693. The molecule has 0 aliphatic carbocycles. The molecule has 1 aromatic rings. The number of hydrogen-bond donors (Lipinski definition) is 1. The molecule has 1 aromatic carbocycles. The van der Waals surface area contributed by atoms with Gasteiger partial charge in [-0.3, -0.25) is 4.79 Å². The Bertz CT molecular complexity index is 357. The van der Waals surface area contributed by atoms with Crippen molar-refractivity contribution >= 4 is 29.1 Å². The Balaban J connectivity index is 2.82. The average Bonchev–Trinajstić information content (AvgIpc) is 2.09. The van der Waals surface area contributed by atoms with Crippen LogP contribution in [0.3, 0.4) is 0 Å². The van der Waals surface area contributed by atoms with E-state index < -0.39 is 17.1 Å². The summed E-state index contributed by atoms with van der Waals surface area (Å²) in [6, 6.07) is 4.18. The van der Waals surface area contributed by atoms with Crippen molar-refractivity contribution in [3.63, 3.8) is 0 Å². The van der Waals surface area contributed by atoms with Crippen LogP contribution in [0.2, 0.25) is 5.02 Å². The highest BCUT2D eigenvalue weighted by molar-refractivity contribution is 6.31. The quantitative estimate of drug-likeness (QED) is 0.802. The maximum absolute atomic E-state index is 13.2. The van der Waals surface area contributed by atoms with Crippen molar-refractivity contribution in [3.8, 4) is 0 Å². The van der Waals surface area contributed by atoms with E-state index in [1.165, 1.54) is 18.2 Å². The van der Waals surface area contributed by atoms with Gasteiger partial charge in [0.2, 0.25) is 5.91 Å². The molecule has 1 atom stereocenters. The summed E-state index contributed by atoms with van der Waals surface area (Å²) >= 11 is 11.1. The number of alkyl halides is 1. The molecule has 0 heterocycles. The van der Waals surface area contributed by atoms with E-state index in [0.717, 1.165) is 0 Å². The summed E-state index contributed by atoms with van der Waals surface area (Å²) in [5, 5.41) is -0.595. The van der Waals surface area contributed by atoms with Crippen LogP contribution in [0, 0.1) is 5.82 Å². The monoisotopic (exact) mass is 235 g/mol. The summed E-state index contributed by atoms with van der Waals surface area (Å²) in [5.74, 6) is -1.15. The Morgan fingerprint density at radius 2 is 2.21 bits per heavy atom. The Labute approximate surface area is 90.8 Å². The van der Waals surface area contributed by atoms with Crippen LogP contribution in [-0.4, -0.2) is 11.3 Å². The summed E-state index contributed by atoms with van der Waals surface area (Å²) in [4.78, 5) is 10.6. The lowest BCUT2D eigenvalue weighted by atomic mass is 10.1. The molecule has 2 N–H and O–H groups in total. The molecule has 1 unspecified atom stereocenters. The van der Waals surface area contributed by atoms with Crippen molar-refractivity contribution in [2.75, 3.05) is 0 Å². The van der Waals surface area contributed by atoms with Crippen molar-refractivity contribution in [1.29, 1.82) is 0 Å². The third-order valence-electron chi connectivity index (χ3n) is 1.72. The fraction of sp³-hybridized carbons (Fsp3) is 0.222. The first kappa shape index (κ1) is 11.3. The van der Waals surface area contributed by atoms with E-state index in [4.69, 9.17) is 28.9 Å². The first-order valence-corrected chi connectivity index (χ1v) is 4.69. The van der Waals surface area contributed by atoms with Crippen molar-refractivity contribution in [2.24, 2.45) is 5.73 Å². The smallest absolute Gasteiger partial charge is 0.235 e. The zero-order valence-electron chi connectivity index (χ0n) is 7.14. The van der Waals surface area contributed by atoms with Gasteiger partial charge in [0.15, 0.2) is 0 Å². The highest BCUT2D eigenvalue weighted by Gasteiger charge is 2.14. The molecule has 0 saturated heterocycles. The van der Waals surface area contributed by atoms with Crippen LogP contribution in [0.4, 0.5) is 4.39 Å². The number of amides is 1. The van der Waals surface area contributed by atoms with Crippen LogP contribution in [0.15, 0.2) is 18.2 Å². The van der Waals surface area contributed by atoms with E-state index in [1.54, 1.807) is 0 Å². The van der Waals surface area contributed by atoms with E-state index in [2.05, 4.69) is 0 Å². The van der Waals surface area contributed by atoms with Gasteiger partial charge in [0.05, 0.1) is 0 Å². The third-order valence-corrected chi connectivity index (χ3v) is 2.33. The van der Waals surface area contributed by atoms with Gasteiger partial charge in [-0.05, 0) is 17.7 Å². The Hall–Kier alpha value is -0.800. The highest BCUT2D eigenvalue weighted by Crippen LogP contribution is 2.17. The Morgan fingerprint density at radius 3 is 2.71 bits per heavy atom. The summed E-state index contributed by atoms with van der Waals surface area (Å²) in [7, 11) is 0. The van der Waals surface area contributed by atoms with E-state index in [-0.39, 0.29) is 6.42 Å². The number of halogens is 3. The van der Waals surface area contributed by atoms with Gasteiger partial charge in [-0.2, -0.15) is 0 Å². The van der Waals surface area contributed by atoms with Crippen molar-refractivity contribution in [2.45, 2.75) is 11.8 Å². The number of rotatable bonds is 3. The molecule has 0 saturated carbocycles. The number of benzene rings is 1.